The first kappa shape index (κ1) is 23.9. The van der Waals surface area contributed by atoms with Gasteiger partial charge in [0.25, 0.3) is 0 Å². The average Bonchev–Trinajstić information content (AvgIpc) is 3.35. The molecule has 6 rings (SSSR count). The molecule has 0 bridgehead atoms. The minimum absolute atomic E-state index is 0.129. The van der Waals surface area contributed by atoms with E-state index in [1.807, 2.05) is 33.0 Å². The zero-order valence-corrected chi connectivity index (χ0v) is 22.9. The van der Waals surface area contributed by atoms with Crippen LogP contribution in [0.5, 0.6) is 0 Å². The Morgan fingerprint density at radius 2 is 1.84 bits per heavy atom. The maximum atomic E-state index is 13.8. The van der Waals surface area contributed by atoms with Crippen molar-refractivity contribution in [2.24, 2.45) is 5.41 Å². The predicted octanol–water partition coefficient (Wildman–Crippen LogP) is 6.26. The van der Waals surface area contributed by atoms with Gasteiger partial charge in [-0.1, -0.05) is 20.3 Å². The Labute approximate surface area is 217 Å². The van der Waals surface area contributed by atoms with Gasteiger partial charge >= 0.3 is 6.09 Å². The van der Waals surface area contributed by atoms with Gasteiger partial charge in [0.15, 0.2) is 5.65 Å². The number of aryl methyl sites for hydroxylation is 1. The molecule has 2 aliphatic rings. The number of aromatic nitrogens is 5. The molecule has 5 heterocycles. The molecule has 0 radical (unpaired) electrons. The number of carbonyl (C=O) groups excluding carboxylic acids is 1. The van der Waals surface area contributed by atoms with Crippen LogP contribution in [0.25, 0.3) is 27.9 Å². The summed E-state index contributed by atoms with van der Waals surface area (Å²) in [7, 11) is 0. The largest absolute Gasteiger partial charge is 0.443 e. The van der Waals surface area contributed by atoms with Crippen LogP contribution in [0, 0.1) is 19.3 Å². The van der Waals surface area contributed by atoms with E-state index in [2.05, 4.69) is 48.7 Å². The molecule has 8 heteroatoms. The van der Waals surface area contributed by atoms with Crippen molar-refractivity contribution in [2.45, 2.75) is 79.2 Å². The Bertz CT molecular complexity index is 1540. The summed E-state index contributed by atoms with van der Waals surface area (Å²) in [6.45, 7) is 16.3. The molecule has 0 atom stereocenters. The molecule has 8 nitrogen and oxygen atoms in total. The summed E-state index contributed by atoms with van der Waals surface area (Å²) in [5.74, 6) is 1.11. The molecule has 0 N–H and O–H groups in total. The third-order valence-electron chi connectivity index (χ3n) is 8.16. The van der Waals surface area contributed by atoms with E-state index in [1.54, 1.807) is 15.4 Å². The second-order valence-corrected chi connectivity index (χ2v) is 12.3. The number of rotatable bonds is 3. The molecule has 1 spiro atoms. The van der Waals surface area contributed by atoms with Gasteiger partial charge < -0.3 is 9.64 Å². The molecule has 0 unspecified atom stereocenters. The van der Waals surface area contributed by atoms with Crippen LogP contribution < -0.4 is 4.90 Å². The van der Waals surface area contributed by atoms with Crippen molar-refractivity contribution < 1.29 is 9.53 Å². The molecule has 1 aliphatic heterocycles. The molecule has 0 aromatic carbocycles. The highest BCUT2D eigenvalue weighted by Gasteiger charge is 2.47. The van der Waals surface area contributed by atoms with Crippen LogP contribution in [0.15, 0.2) is 24.7 Å². The number of hydrogen-bond donors (Lipinski definition) is 0. The van der Waals surface area contributed by atoms with Crippen molar-refractivity contribution in [3.63, 3.8) is 0 Å². The van der Waals surface area contributed by atoms with Crippen LogP contribution in [-0.4, -0.2) is 48.9 Å². The molecule has 1 saturated heterocycles. The average molecular weight is 501 g/mol. The number of fused-ring (bicyclic) bond motifs is 2. The predicted molar refractivity (Wildman–Crippen MR) is 145 cm³/mol. The van der Waals surface area contributed by atoms with Crippen LogP contribution in [0.1, 0.15) is 76.5 Å². The van der Waals surface area contributed by atoms with Crippen molar-refractivity contribution in [3.05, 3.63) is 41.3 Å². The van der Waals surface area contributed by atoms with Crippen molar-refractivity contribution in [1.82, 2.24) is 24.1 Å². The third kappa shape index (κ3) is 3.71. The summed E-state index contributed by atoms with van der Waals surface area (Å²) in [5.41, 5.74) is 7.21. The van der Waals surface area contributed by atoms with Gasteiger partial charge in [-0.3, -0.25) is 0 Å². The molecule has 2 fully saturated rings. The Morgan fingerprint density at radius 3 is 2.46 bits per heavy atom. The van der Waals surface area contributed by atoms with Crippen LogP contribution in [0.2, 0.25) is 0 Å². The second-order valence-electron chi connectivity index (χ2n) is 12.3. The SMILES string of the molecule is Cc1c(-c2c(C(C)C)c3nc(N4CC5(CCC5)C4)ccc3n2C(=O)OC(C)(C)C)cn2ncnc2c1C. The van der Waals surface area contributed by atoms with E-state index in [0.29, 0.717) is 5.41 Å². The van der Waals surface area contributed by atoms with Crippen LogP contribution >= 0.6 is 0 Å². The van der Waals surface area contributed by atoms with E-state index in [1.165, 1.54) is 19.3 Å². The fraction of sp³-hybridized carbons (Fsp3) is 0.517. The second kappa shape index (κ2) is 8.04. The van der Waals surface area contributed by atoms with Crippen LogP contribution in [0.4, 0.5) is 10.6 Å². The van der Waals surface area contributed by atoms with E-state index < -0.39 is 11.7 Å². The summed E-state index contributed by atoms with van der Waals surface area (Å²) in [5, 5.41) is 4.41. The molecule has 194 valence electrons. The highest BCUT2D eigenvalue weighted by molar-refractivity contribution is 5.99. The standard InChI is InChI=1S/C29H36N6O2/c1-17(2)23-24-21(9-10-22(32-24)33-14-29(15-33)11-8-12-29)35(27(36)37-28(5,6)7)25(23)20-13-34-26(30-16-31-34)19(4)18(20)3/h9-10,13,16-17H,8,11-12,14-15H2,1-7H3. The summed E-state index contributed by atoms with van der Waals surface area (Å²) >= 11 is 0. The number of pyridine rings is 2. The first-order valence-corrected chi connectivity index (χ1v) is 13.3. The molecule has 37 heavy (non-hydrogen) atoms. The number of anilines is 1. The highest BCUT2D eigenvalue weighted by atomic mass is 16.6. The van der Waals surface area contributed by atoms with Gasteiger partial charge in [-0.05, 0) is 76.6 Å². The van der Waals surface area contributed by atoms with Gasteiger partial charge in [-0.25, -0.2) is 23.8 Å². The molecule has 1 saturated carbocycles. The Morgan fingerprint density at radius 1 is 1.11 bits per heavy atom. The van der Waals surface area contributed by atoms with Crippen molar-refractivity contribution in [2.75, 3.05) is 18.0 Å². The zero-order valence-electron chi connectivity index (χ0n) is 22.9. The normalized spacial score (nSPS) is 17.0. The monoisotopic (exact) mass is 500 g/mol. The topological polar surface area (TPSA) is 77.5 Å². The smallest absolute Gasteiger partial charge is 0.419 e. The fourth-order valence-corrected chi connectivity index (χ4v) is 6.02. The summed E-state index contributed by atoms with van der Waals surface area (Å²) < 4.78 is 9.45. The van der Waals surface area contributed by atoms with Gasteiger partial charge in [0.2, 0.25) is 0 Å². The van der Waals surface area contributed by atoms with Gasteiger partial charge in [0.05, 0.1) is 16.7 Å². The third-order valence-corrected chi connectivity index (χ3v) is 8.16. The first-order valence-electron chi connectivity index (χ1n) is 13.3. The Hall–Kier alpha value is -3.42. The summed E-state index contributed by atoms with van der Waals surface area (Å²) in [6, 6.07) is 4.10. The first-order chi connectivity index (χ1) is 17.5. The van der Waals surface area contributed by atoms with Crippen LogP contribution in [-0.2, 0) is 4.74 Å². The van der Waals surface area contributed by atoms with E-state index >= 15 is 0 Å². The molecule has 4 aromatic rings. The highest BCUT2D eigenvalue weighted by Crippen LogP contribution is 2.49. The maximum absolute atomic E-state index is 13.8. The number of nitrogens with zero attached hydrogens (tertiary/aromatic N) is 6. The zero-order chi connectivity index (χ0) is 26.3. The summed E-state index contributed by atoms with van der Waals surface area (Å²) in [4.78, 5) is 25.8. The minimum Gasteiger partial charge on any atom is -0.443 e. The van der Waals surface area contributed by atoms with Crippen molar-refractivity contribution >= 4 is 28.6 Å². The van der Waals surface area contributed by atoms with Gasteiger partial charge in [0, 0.05) is 35.8 Å². The lowest BCUT2D eigenvalue weighted by Gasteiger charge is -2.56. The van der Waals surface area contributed by atoms with E-state index in [0.717, 1.165) is 63.5 Å². The van der Waals surface area contributed by atoms with Crippen LogP contribution in [0.3, 0.4) is 0 Å². The van der Waals surface area contributed by atoms with E-state index in [9.17, 15) is 4.79 Å². The summed E-state index contributed by atoms with van der Waals surface area (Å²) in [6.07, 6.45) is 7.13. The fourth-order valence-electron chi connectivity index (χ4n) is 6.02. The molecule has 0 amide bonds. The minimum atomic E-state index is -0.633. The number of ether oxygens (including phenoxy) is 1. The van der Waals surface area contributed by atoms with Gasteiger partial charge in [-0.2, -0.15) is 5.10 Å². The van der Waals surface area contributed by atoms with Crippen molar-refractivity contribution in [3.8, 4) is 11.3 Å². The Kier molecular flexibility index (Phi) is 5.20. The number of carbonyl (C=O) groups is 1. The molecular formula is C29H36N6O2. The molecule has 4 aromatic heterocycles. The Balaban J connectivity index is 1.60. The van der Waals surface area contributed by atoms with Crippen molar-refractivity contribution in [1.29, 1.82) is 0 Å². The lowest BCUT2D eigenvalue weighted by Crippen LogP contribution is -2.60. The molecular weight excluding hydrogens is 464 g/mol. The lowest BCUT2D eigenvalue weighted by atomic mass is 9.63. The quantitative estimate of drug-likeness (QED) is 0.330. The van der Waals surface area contributed by atoms with Gasteiger partial charge in [0.1, 0.15) is 17.7 Å². The number of hydrogen-bond acceptors (Lipinski definition) is 6. The van der Waals surface area contributed by atoms with E-state index in [-0.39, 0.29) is 5.92 Å². The molecule has 1 aliphatic carbocycles. The van der Waals surface area contributed by atoms with E-state index in [4.69, 9.17) is 9.72 Å². The lowest BCUT2D eigenvalue weighted by molar-refractivity contribution is 0.0547. The van der Waals surface area contributed by atoms with Gasteiger partial charge in [-0.15, -0.1) is 0 Å². The maximum Gasteiger partial charge on any atom is 0.419 e.